The average molecular weight is 279 g/mol. The molecule has 0 aliphatic carbocycles. The summed E-state index contributed by atoms with van der Waals surface area (Å²) >= 11 is 0. The van der Waals surface area contributed by atoms with Gasteiger partial charge in [0.25, 0.3) is 0 Å². The van der Waals surface area contributed by atoms with Gasteiger partial charge in [-0.2, -0.15) is 0 Å². The molecule has 19 heavy (non-hydrogen) atoms. The summed E-state index contributed by atoms with van der Waals surface area (Å²) in [5, 5.41) is 0. The smallest absolute Gasteiger partial charge is 0.0977 e. The maximum absolute atomic E-state index is 5.44. The van der Waals surface area contributed by atoms with Crippen LogP contribution in [0.5, 0.6) is 0 Å². The van der Waals surface area contributed by atoms with Gasteiger partial charge in [-0.25, -0.2) is 0 Å². The standard InChI is InChI=1S/C12H30N4O3/c13-1-7-17-10-4-16(5-11-18-8-2-14)6-12-19-9-3-15/h1-15H2/p+1. The summed E-state index contributed by atoms with van der Waals surface area (Å²) < 4.78 is 16.2. The average Bonchev–Trinajstić information content (AvgIpc) is 2.43. The van der Waals surface area contributed by atoms with Gasteiger partial charge in [0.1, 0.15) is 0 Å². The van der Waals surface area contributed by atoms with Crippen molar-refractivity contribution in [3.63, 3.8) is 0 Å². The van der Waals surface area contributed by atoms with E-state index in [4.69, 9.17) is 25.7 Å². The third kappa shape index (κ3) is 13.9. The zero-order valence-electron chi connectivity index (χ0n) is 12.0. The van der Waals surface area contributed by atoms with Crippen molar-refractivity contribution in [3.8, 4) is 0 Å². The van der Waals surface area contributed by atoms with Gasteiger partial charge in [0, 0.05) is 32.7 Å². The van der Waals surface area contributed by atoms with Crippen molar-refractivity contribution < 1.29 is 19.9 Å². The van der Waals surface area contributed by atoms with Gasteiger partial charge in [-0.05, 0) is 0 Å². The van der Waals surface area contributed by atoms with Crippen LogP contribution in [0.15, 0.2) is 0 Å². The number of hydrogen-bond acceptors (Lipinski definition) is 6. The minimum absolute atomic E-state index is 0.562. The molecule has 0 heterocycles. The molecule has 0 saturated heterocycles. The van der Waals surface area contributed by atoms with E-state index >= 15 is 0 Å². The van der Waals surface area contributed by atoms with E-state index in [-0.39, 0.29) is 0 Å². The number of quaternary nitrogens is 1. The summed E-state index contributed by atoms with van der Waals surface area (Å²) in [5.41, 5.74) is 14.5. The van der Waals surface area contributed by atoms with Gasteiger partial charge in [-0.15, -0.1) is 0 Å². The molecular weight excluding hydrogens is 248 g/mol. The van der Waals surface area contributed by atoms with E-state index in [1.54, 1.807) is 0 Å². The Morgan fingerprint density at radius 2 is 1.11 bits per heavy atom. The first-order valence-electron chi connectivity index (χ1n) is 7.00. The quantitative estimate of drug-likeness (QED) is 0.286. The highest BCUT2D eigenvalue weighted by atomic mass is 16.5. The maximum atomic E-state index is 5.44. The van der Waals surface area contributed by atoms with Crippen LogP contribution in [0.4, 0.5) is 0 Å². The van der Waals surface area contributed by atoms with Crippen molar-refractivity contribution in [1.29, 1.82) is 0 Å². The van der Waals surface area contributed by atoms with Crippen LogP contribution in [0.3, 0.4) is 0 Å². The predicted molar refractivity (Wildman–Crippen MR) is 74.8 cm³/mol. The lowest BCUT2D eigenvalue weighted by molar-refractivity contribution is -0.374. The summed E-state index contributed by atoms with van der Waals surface area (Å²) in [6.45, 7) is 8.53. The summed E-state index contributed by atoms with van der Waals surface area (Å²) in [5.74, 6) is 0. The van der Waals surface area contributed by atoms with Crippen molar-refractivity contribution in [2.45, 2.75) is 0 Å². The molecule has 0 fully saturated rings. The van der Waals surface area contributed by atoms with Crippen molar-refractivity contribution in [2.75, 3.05) is 78.9 Å². The summed E-state index contributed by atoms with van der Waals surface area (Å²) in [7, 11) is 0. The van der Waals surface area contributed by atoms with E-state index in [2.05, 4.69) is 10.6 Å². The lowest BCUT2D eigenvalue weighted by Crippen LogP contribution is -2.52. The first kappa shape index (κ1) is 18.7. The fraction of sp³-hybridized carbons (Fsp3) is 1.00. The zero-order chi connectivity index (χ0) is 14.2. The molecule has 0 amide bonds. The highest BCUT2D eigenvalue weighted by Crippen LogP contribution is 1.91. The SMILES string of the molecule is NCCOCCN(CCOCCN)CCOCC[NH3+]. The number of ether oxygens (including phenoxy) is 3. The Morgan fingerprint density at radius 3 is 1.47 bits per heavy atom. The molecule has 116 valence electrons. The van der Waals surface area contributed by atoms with E-state index in [1.807, 2.05) is 0 Å². The van der Waals surface area contributed by atoms with E-state index in [9.17, 15) is 0 Å². The van der Waals surface area contributed by atoms with Crippen molar-refractivity contribution >= 4 is 0 Å². The number of nitrogens with two attached hydrogens (primary N) is 2. The van der Waals surface area contributed by atoms with Crippen LogP contribution in [0.1, 0.15) is 0 Å². The second-order valence-electron chi connectivity index (χ2n) is 4.11. The fourth-order valence-corrected chi connectivity index (χ4v) is 1.49. The largest absolute Gasteiger partial charge is 0.379 e. The number of hydrogen-bond donors (Lipinski definition) is 3. The summed E-state index contributed by atoms with van der Waals surface area (Å²) in [4.78, 5) is 2.26. The van der Waals surface area contributed by atoms with E-state index < -0.39 is 0 Å². The molecule has 0 rings (SSSR count). The molecule has 0 unspecified atom stereocenters. The van der Waals surface area contributed by atoms with Gasteiger partial charge in [-0.1, -0.05) is 0 Å². The second kappa shape index (κ2) is 15.8. The Labute approximate surface area is 116 Å². The van der Waals surface area contributed by atoms with Gasteiger partial charge in [0.15, 0.2) is 0 Å². The van der Waals surface area contributed by atoms with Gasteiger partial charge in [-0.3, -0.25) is 4.90 Å². The molecule has 0 atom stereocenters. The molecule has 7 heteroatoms. The Kier molecular flexibility index (Phi) is 15.5. The number of nitrogens with zero attached hydrogens (tertiary/aromatic N) is 1. The van der Waals surface area contributed by atoms with Gasteiger partial charge in [0.2, 0.25) is 0 Å². The van der Waals surface area contributed by atoms with Crippen LogP contribution >= 0.6 is 0 Å². The van der Waals surface area contributed by atoms with Crippen LogP contribution in [0.25, 0.3) is 0 Å². The Morgan fingerprint density at radius 1 is 0.684 bits per heavy atom. The molecule has 0 aromatic heterocycles. The van der Waals surface area contributed by atoms with Crippen LogP contribution in [-0.2, 0) is 14.2 Å². The highest BCUT2D eigenvalue weighted by Gasteiger charge is 2.05. The minimum atomic E-state index is 0.562. The molecule has 0 aliphatic heterocycles. The van der Waals surface area contributed by atoms with Crippen LogP contribution in [0, 0.1) is 0 Å². The topological polar surface area (TPSA) is 111 Å². The Balaban J connectivity index is 3.66. The highest BCUT2D eigenvalue weighted by molar-refractivity contribution is 4.57. The summed E-state index contributed by atoms with van der Waals surface area (Å²) in [6, 6.07) is 0. The Hall–Kier alpha value is -0.280. The molecule has 0 radical (unpaired) electrons. The first-order chi connectivity index (χ1) is 9.35. The van der Waals surface area contributed by atoms with E-state index in [0.717, 1.165) is 26.2 Å². The molecule has 0 bridgehead atoms. The molecule has 0 spiro atoms. The normalized spacial score (nSPS) is 11.4. The van der Waals surface area contributed by atoms with Crippen LogP contribution < -0.4 is 17.2 Å². The van der Waals surface area contributed by atoms with E-state index in [1.165, 1.54) is 0 Å². The Bertz CT molecular complexity index is 147. The number of rotatable bonds is 15. The lowest BCUT2D eigenvalue weighted by atomic mass is 10.4. The zero-order valence-corrected chi connectivity index (χ0v) is 12.0. The monoisotopic (exact) mass is 279 g/mol. The van der Waals surface area contributed by atoms with Crippen LogP contribution in [0.2, 0.25) is 0 Å². The summed E-state index contributed by atoms with van der Waals surface area (Å²) in [6.07, 6.45) is 0. The van der Waals surface area contributed by atoms with Crippen LogP contribution in [-0.4, -0.2) is 83.8 Å². The van der Waals surface area contributed by atoms with E-state index in [0.29, 0.717) is 52.7 Å². The predicted octanol–water partition coefficient (Wildman–Crippen LogP) is -2.50. The lowest BCUT2D eigenvalue weighted by Gasteiger charge is -2.22. The third-order valence-corrected chi connectivity index (χ3v) is 2.47. The van der Waals surface area contributed by atoms with Crippen molar-refractivity contribution in [1.82, 2.24) is 4.90 Å². The molecule has 0 aromatic carbocycles. The first-order valence-corrected chi connectivity index (χ1v) is 7.00. The van der Waals surface area contributed by atoms with Gasteiger partial charge in [0.05, 0.1) is 46.2 Å². The molecule has 0 aromatic rings. The third-order valence-electron chi connectivity index (χ3n) is 2.47. The minimum Gasteiger partial charge on any atom is -0.379 e. The van der Waals surface area contributed by atoms with Crippen molar-refractivity contribution in [2.24, 2.45) is 11.5 Å². The van der Waals surface area contributed by atoms with Gasteiger partial charge < -0.3 is 31.4 Å². The molecule has 0 saturated carbocycles. The molecular formula is C12H31N4O3+. The molecule has 7 nitrogen and oxygen atoms in total. The van der Waals surface area contributed by atoms with Crippen molar-refractivity contribution in [3.05, 3.63) is 0 Å². The molecule has 0 aliphatic rings. The fourth-order valence-electron chi connectivity index (χ4n) is 1.49. The molecule has 7 N–H and O–H groups in total. The van der Waals surface area contributed by atoms with Gasteiger partial charge >= 0.3 is 0 Å². The second-order valence-corrected chi connectivity index (χ2v) is 4.11. The maximum Gasteiger partial charge on any atom is 0.0977 e.